The van der Waals surface area contributed by atoms with Gasteiger partial charge in [0.1, 0.15) is 0 Å². The molecule has 260 valence electrons. The van der Waals surface area contributed by atoms with Crippen LogP contribution >= 0.6 is 0 Å². The van der Waals surface area contributed by atoms with Crippen molar-refractivity contribution in [3.05, 3.63) is 23.3 Å². The third kappa shape index (κ3) is 12.4. The van der Waals surface area contributed by atoms with E-state index in [9.17, 15) is 0 Å². The van der Waals surface area contributed by atoms with Crippen molar-refractivity contribution in [3.63, 3.8) is 0 Å². The van der Waals surface area contributed by atoms with E-state index in [2.05, 4.69) is 39.8 Å². The molecular formula is C44H78O. The van der Waals surface area contributed by atoms with Gasteiger partial charge in [-0.3, -0.25) is 0 Å². The lowest BCUT2D eigenvalue weighted by molar-refractivity contribution is 0.184. The lowest BCUT2D eigenvalue weighted by Gasteiger charge is -2.37. The van der Waals surface area contributed by atoms with Crippen LogP contribution in [-0.4, -0.2) is 13.2 Å². The van der Waals surface area contributed by atoms with Gasteiger partial charge in [-0.15, -0.1) is 0 Å². The predicted octanol–water partition coefficient (Wildman–Crippen LogP) is 14.1. The summed E-state index contributed by atoms with van der Waals surface area (Å²) in [6.07, 6.45) is 42.7. The molecule has 1 heteroatoms. The van der Waals surface area contributed by atoms with Crippen molar-refractivity contribution >= 4 is 0 Å². The Hall–Kier alpha value is -0.560. The van der Waals surface area contributed by atoms with Gasteiger partial charge < -0.3 is 4.74 Å². The Bertz CT molecular complexity index is 738. The molecule has 0 aliphatic heterocycles. The van der Waals surface area contributed by atoms with Gasteiger partial charge in [-0.05, 0) is 150 Å². The maximum absolute atomic E-state index is 6.57. The lowest BCUT2D eigenvalue weighted by atomic mass is 9.69. The predicted molar refractivity (Wildman–Crippen MR) is 198 cm³/mol. The molecule has 0 unspecified atom stereocenters. The van der Waals surface area contributed by atoms with Gasteiger partial charge in [0, 0.05) is 0 Å². The van der Waals surface area contributed by atoms with Crippen molar-refractivity contribution in [1.29, 1.82) is 0 Å². The average Bonchev–Trinajstić information content (AvgIpc) is 3.08. The molecule has 4 aliphatic rings. The Morgan fingerprint density at radius 2 is 0.689 bits per heavy atom. The van der Waals surface area contributed by atoms with Crippen LogP contribution in [0.4, 0.5) is 0 Å². The molecule has 0 bridgehead atoms. The number of hydrogen-bond acceptors (Lipinski definition) is 1. The maximum Gasteiger partial charge on any atom is 0.0654 e. The van der Waals surface area contributed by atoms with Crippen LogP contribution in [0, 0.1) is 47.3 Å². The molecule has 1 nitrogen and oxygen atoms in total. The summed E-state index contributed by atoms with van der Waals surface area (Å²) in [5.41, 5.74) is 3.67. The molecule has 0 radical (unpaired) electrons. The molecule has 0 aromatic heterocycles. The van der Waals surface area contributed by atoms with Crippen LogP contribution in [-0.2, 0) is 4.74 Å². The van der Waals surface area contributed by atoms with E-state index in [-0.39, 0.29) is 0 Å². The molecule has 0 aromatic rings. The first-order chi connectivity index (χ1) is 22.1. The summed E-state index contributed by atoms with van der Waals surface area (Å²) in [6, 6.07) is 0. The Morgan fingerprint density at radius 1 is 0.400 bits per heavy atom. The lowest BCUT2D eigenvalue weighted by Crippen LogP contribution is -2.24. The van der Waals surface area contributed by atoms with Gasteiger partial charge in [-0.1, -0.05) is 115 Å². The number of rotatable bonds is 18. The third-order valence-electron chi connectivity index (χ3n) is 13.5. The van der Waals surface area contributed by atoms with Crippen LogP contribution in [0.15, 0.2) is 23.3 Å². The Morgan fingerprint density at radius 3 is 0.956 bits per heavy atom. The van der Waals surface area contributed by atoms with E-state index in [1.807, 2.05) is 11.1 Å². The summed E-state index contributed by atoms with van der Waals surface area (Å²) in [7, 11) is 0. The Labute approximate surface area is 282 Å². The molecule has 0 spiro atoms. The number of unbranched alkanes of at least 4 members (excludes halogenated alkanes) is 2. The molecule has 0 amide bonds. The minimum atomic E-state index is 0.839. The smallest absolute Gasteiger partial charge is 0.0654 e. The summed E-state index contributed by atoms with van der Waals surface area (Å²) in [5, 5.41) is 0. The average molecular weight is 623 g/mol. The van der Waals surface area contributed by atoms with Crippen LogP contribution in [0.3, 0.4) is 0 Å². The number of allylic oxidation sites excluding steroid dienone is 2. The number of ether oxygens (including phenoxy) is 1. The molecule has 0 N–H and O–H groups in total. The highest BCUT2D eigenvalue weighted by atomic mass is 16.5. The topological polar surface area (TPSA) is 9.23 Å². The SMILES string of the molecule is CCCCC1CCC(C(=CCOCC=C(C2CCC(CCC)CC2)C2CCC(CCCC)CC2)C2CCC(CCC)CC2)CC1. The molecule has 0 heterocycles. The second-order valence-corrected chi connectivity index (χ2v) is 16.7. The molecule has 0 aromatic carbocycles. The maximum atomic E-state index is 6.57. The normalized spacial score (nSPS) is 33.8. The molecular weight excluding hydrogens is 544 g/mol. The Balaban J connectivity index is 1.36. The fourth-order valence-corrected chi connectivity index (χ4v) is 10.7. The van der Waals surface area contributed by atoms with E-state index in [4.69, 9.17) is 4.74 Å². The zero-order valence-corrected chi connectivity index (χ0v) is 31.0. The van der Waals surface area contributed by atoms with Gasteiger partial charge in [-0.2, -0.15) is 0 Å². The quantitative estimate of drug-likeness (QED) is 0.109. The van der Waals surface area contributed by atoms with Gasteiger partial charge in [0.25, 0.3) is 0 Å². The fraction of sp³-hybridized carbons (Fsp3) is 0.909. The van der Waals surface area contributed by atoms with Crippen LogP contribution in [0.1, 0.15) is 195 Å². The molecule has 4 fully saturated rings. The van der Waals surface area contributed by atoms with Gasteiger partial charge in [-0.25, -0.2) is 0 Å². The highest BCUT2D eigenvalue weighted by molar-refractivity contribution is 5.15. The van der Waals surface area contributed by atoms with Crippen molar-refractivity contribution in [2.24, 2.45) is 47.3 Å². The zero-order chi connectivity index (χ0) is 31.7. The summed E-state index contributed by atoms with van der Waals surface area (Å²) < 4.78 is 6.57. The summed E-state index contributed by atoms with van der Waals surface area (Å²) in [5.74, 6) is 7.35. The first-order valence-electron chi connectivity index (χ1n) is 21.1. The summed E-state index contributed by atoms with van der Waals surface area (Å²) in [6.45, 7) is 11.2. The minimum absolute atomic E-state index is 0.839. The highest BCUT2D eigenvalue weighted by Gasteiger charge is 2.32. The standard InChI is InChI=1S/C44H78O/c1-5-9-13-37-19-27-41(28-20-37)43(39-23-15-35(11-7-3)16-24-39)31-33-45-34-32-44(40-25-17-36(12-8-4)18-26-40)42-29-21-38(22-30-42)14-10-6-2/h31-32,35-42H,5-30,33-34H2,1-4H3. The van der Waals surface area contributed by atoms with Crippen molar-refractivity contribution in [1.82, 2.24) is 0 Å². The van der Waals surface area contributed by atoms with Crippen LogP contribution < -0.4 is 0 Å². The fourth-order valence-electron chi connectivity index (χ4n) is 10.7. The van der Waals surface area contributed by atoms with E-state index in [0.717, 1.165) is 60.6 Å². The van der Waals surface area contributed by atoms with Gasteiger partial charge in [0.05, 0.1) is 13.2 Å². The Kier molecular flexibility index (Phi) is 17.7. The largest absolute Gasteiger partial charge is 0.373 e. The van der Waals surface area contributed by atoms with Gasteiger partial charge in [0.15, 0.2) is 0 Å². The minimum Gasteiger partial charge on any atom is -0.373 e. The van der Waals surface area contributed by atoms with Gasteiger partial charge in [0.2, 0.25) is 0 Å². The van der Waals surface area contributed by atoms with Crippen molar-refractivity contribution in [2.45, 2.75) is 195 Å². The molecule has 0 atom stereocenters. The van der Waals surface area contributed by atoms with Crippen molar-refractivity contribution < 1.29 is 4.74 Å². The molecule has 4 aliphatic carbocycles. The number of hydrogen-bond donors (Lipinski definition) is 0. The van der Waals surface area contributed by atoms with Crippen molar-refractivity contribution in [3.8, 4) is 0 Å². The second kappa shape index (κ2) is 21.4. The van der Waals surface area contributed by atoms with E-state index >= 15 is 0 Å². The first-order valence-corrected chi connectivity index (χ1v) is 21.1. The summed E-state index contributed by atoms with van der Waals surface area (Å²) in [4.78, 5) is 0. The first kappa shape index (κ1) is 37.3. The molecule has 0 saturated heterocycles. The zero-order valence-electron chi connectivity index (χ0n) is 31.0. The van der Waals surface area contributed by atoms with Crippen molar-refractivity contribution in [2.75, 3.05) is 13.2 Å². The van der Waals surface area contributed by atoms with Crippen LogP contribution in [0.2, 0.25) is 0 Å². The van der Waals surface area contributed by atoms with E-state index in [1.54, 1.807) is 0 Å². The third-order valence-corrected chi connectivity index (χ3v) is 13.5. The molecule has 45 heavy (non-hydrogen) atoms. The van der Waals surface area contributed by atoms with E-state index in [0.29, 0.717) is 0 Å². The highest BCUT2D eigenvalue weighted by Crippen LogP contribution is 2.45. The summed E-state index contributed by atoms with van der Waals surface area (Å²) >= 11 is 0. The monoisotopic (exact) mass is 623 g/mol. The van der Waals surface area contributed by atoms with Gasteiger partial charge >= 0.3 is 0 Å². The van der Waals surface area contributed by atoms with Crippen LogP contribution in [0.25, 0.3) is 0 Å². The van der Waals surface area contributed by atoms with E-state index < -0.39 is 0 Å². The molecule has 4 rings (SSSR count). The second-order valence-electron chi connectivity index (χ2n) is 16.7. The molecule has 4 saturated carbocycles. The van der Waals surface area contributed by atoms with Crippen LogP contribution in [0.5, 0.6) is 0 Å². The van der Waals surface area contributed by atoms with E-state index in [1.165, 1.54) is 167 Å².